The van der Waals surface area contributed by atoms with Crippen LogP contribution in [-0.2, 0) is 14.3 Å². The molecule has 1 amide bonds. The highest BCUT2D eigenvalue weighted by molar-refractivity contribution is 6.01. The Morgan fingerprint density at radius 2 is 1.79 bits per heavy atom. The fourth-order valence-electron chi connectivity index (χ4n) is 4.12. The molecule has 1 fully saturated rings. The van der Waals surface area contributed by atoms with Gasteiger partial charge in [-0.05, 0) is 43.2 Å². The van der Waals surface area contributed by atoms with Crippen molar-refractivity contribution >= 4 is 23.5 Å². The SMILES string of the molecule is O=C(OCC(=O)N1N=C(c2ccco2)CC1c1ccco1)C1CCN(c2ncccn2)CC1. The Labute approximate surface area is 189 Å². The predicted molar refractivity (Wildman–Crippen MR) is 116 cm³/mol. The minimum Gasteiger partial charge on any atom is -0.467 e. The number of carbonyl (C=O) groups is 2. The summed E-state index contributed by atoms with van der Waals surface area (Å²) in [5, 5.41) is 5.76. The van der Waals surface area contributed by atoms with E-state index in [2.05, 4.69) is 15.1 Å². The summed E-state index contributed by atoms with van der Waals surface area (Å²) in [6, 6.07) is 8.46. The Balaban J connectivity index is 1.18. The maximum Gasteiger partial charge on any atom is 0.309 e. The van der Waals surface area contributed by atoms with Gasteiger partial charge in [0.2, 0.25) is 5.95 Å². The molecule has 0 aliphatic carbocycles. The highest BCUT2D eigenvalue weighted by Crippen LogP contribution is 2.33. The van der Waals surface area contributed by atoms with E-state index in [9.17, 15) is 9.59 Å². The zero-order chi connectivity index (χ0) is 22.6. The maximum absolute atomic E-state index is 12.9. The number of esters is 1. The topological polar surface area (TPSA) is 114 Å². The van der Waals surface area contributed by atoms with Gasteiger partial charge in [0.15, 0.2) is 6.61 Å². The van der Waals surface area contributed by atoms with E-state index in [4.69, 9.17) is 13.6 Å². The zero-order valence-electron chi connectivity index (χ0n) is 17.9. The fourth-order valence-corrected chi connectivity index (χ4v) is 4.12. The second kappa shape index (κ2) is 9.27. The van der Waals surface area contributed by atoms with E-state index in [-0.39, 0.29) is 18.5 Å². The number of nitrogens with zero attached hydrogens (tertiary/aromatic N) is 5. The third-order valence-electron chi connectivity index (χ3n) is 5.84. The number of rotatable bonds is 6. The van der Waals surface area contributed by atoms with Gasteiger partial charge in [0.05, 0.1) is 18.4 Å². The number of anilines is 1. The van der Waals surface area contributed by atoms with Gasteiger partial charge in [-0.25, -0.2) is 15.0 Å². The van der Waals surface area contributed by atoms with E-state index < -0.39 is 11.9 Å². The largest absolute Gasteiger partial charge is 0.467 e. The van der Waals surface area contributed by atoms with Gasteiger partial charge in [-0.2, -0.15) is 5.10 Å². The molecule has 0 saturated carbocycles. The van der Waals surface area contributed by atoms with Gasteiger partial charge in [0.1, 0.15) is 23.3 Å². The molecule has 33 heavy (non-hydrogen) atoms. The number of furan rings is 2. The Morgan fingerprint density at radius 1 is 1.03 bits per heavy atom. The number of ether oxygens (including phenoxy) is 1. The molecule has 0 N–H and O–H groups in total. The normalized spacial score (nSPS) is 18.9. The molecular formula is C23H23N5O5. The first-order valence-electron chi connectivity index (χ1n) is 10.8. The van der Waals surface area contributed by atoms with Gasteiger partial charge in [-0.1, -0.05) is 0 Å². The molecule has 5 heterocycles. The Morgan fingerprint density at radius 3 is 2.48 bits per heavy atom. The number of carbonyl (C=O) groups excluding carboxylic acids is 2. The summed E-state index contributed by atoms with van der Waals surface area (Å²) in [5.74, 6) is 0.799. The molecule has 5 rings (SSSR count). The second-order valence-corrected chi connectivity index (χ2v) is 7.92. The number of aromatic nitrogens is 2. The van der Waals surface area contributed by atoms with Crippen LogP contribution in [0.25, 0.3) is 0 Å². The summed E-state index contributed by atoms with van der Waals surface area (Å²) < 4.78 is 16.3. The molecule has 170 valence electrons. The standard InChI is InChI=1S/C23H23N5O5/c29-21(15-33-22(30)16-6-10-27(11-7-16)23-24-8-3-9-25-23)28-18(20-5-2-13-32-20)14-17(26-28)19-4-1-12-31-19/h1-5,8-9,12-13,16,18H,6-7,10-11,14-15H2. The quantitative estimate of drug-likeness (QED) is 0.528. The fraction of sp³-hybridized carbons (Fsp3) is 0.348. The van der Waals surface area contributed by atoms with Crippen molar-refractivity contribution in [2.45, 2.75) is 25.3 Å². The van der Waals surface area contributed by atoms with Crippen LogP contribution < -0.4 is 4.90 Å². The van der Waals surface area contributed by atoms with Crippen LogP contribution in [0.1, 0.15) is 36.8 Å². The lowest BCUT2D eigenvalue weighted by atomic mass is 9.97. The zero-order valence-corrected chi connectivity index (χ0v) is 17.9. The average Bonchev–Trinajstić information content (AvgIpc) is 3.63. The summed E-state index contributed by atoms with van der Waals surface area (Å²) in [7, 11) is 0. The Bertz CT molecular complexity index is 1110. The molecule has 10 heteroatoms. The minimum atomic E-state index is -0.416. The van der Waals surface area contributed by atoms with Crippen molar-refractivity contribution < 1.29 is 23.2 Å². The van der Waals surface area contributed by atoms with Gasteiger partial charge >= 0.3 is 5.97 Å². The molecule has 10 nitrogen and oxygen atoms in total. The van der Waals surface area contributed by atoms with Crippen LogP contribution in [0.2, 0.25) is 0 Å². The van der Waals surface area contributed by atoms with E-state index in [0.717, 1.165) is 0 Å². The molecule has 1 saturated heterocycles. The number of hydrogen-bond donors (Lipinski definition) is 0. The predicted octanol–water partition coefficient (Wildman–Crippen LogP) is 2.80. The molecular weight excluding hydrogens is 426 g/mol. The van der Waals surface area contributed by atoms with Crippen LogP contribution in [0, 0.1) is 5.92 Å². The number of hydrogen-bond acceptors (Lipinski definition) is 9. The lowest BCUT2D eigenvalue weighted by molar-refractivity contribution is -0.156. The molecule has 3 aromatic heterocycles. The lowest BCUT2D eigenvalue weighted by Crippen LogP contribution is -2.39. The van der Waals surface area contributed by atoms with Gasteiger partial charge in [0.25, 0.3) is 5.91 Å². The number of hydrazone groups is 1. The molecule has 0 radical (unpaired) electrons. The van der Waals surface area contributed by atoms with Crippen molar-refractivity contribution in [2.75, 3.05) is 24.6 Å². The molecule has 1 atom stereocenters. The average molecular weight is 449 g/mol. The third kappa shape index (κ3) is 4.50. The third-order valence-corrected chi connectivity index (χ3v) is 5.84. The molecule has 0 aromatic carbocycles. The molecule has 2 aliphatic rings. The highest BCUT2D eigenvalue weighted by atomic mass is 16.5. The van der Waals surface area contributed by atoms with Crippen molar-refractivity contribution in [1.29, 1.82) is 0 Å². The van der Waals surface area contributed by atoms with Gasteiger partial charge < -0.3 is 18.5 Å². The highest BCUT2D eigenvalue weighted by Gasteiger charge is 2.36. The van der Waals surface area contributed by atoms with Crippen LogP contribution in [0.5, 0.6) is 0 Å². The molecule has 0 spiro atoms. The van der Waals surface area contributed by atoms with Crippen molar-refractivity contribution in [2.24, 2.45) is 11.0 Å². The van der Waals surface area contributed by atoms with Crippen molar-refractivity contribution in [1.82, 2.24) is 15.0 Å². The van der Waals surface area contributed by atoms with Crippen LogP contribution >= 0.6 is 0 Å². The van der Waals surface area contributed by atoms with Crippen molar-refractivity contribution in [3.05, 3.63) is 66.8 Å². The first-order valence-corrected chi connectivity index (χ1v) is 10.8. The molecule has 0 bridgehead atoms. The maximum atomic E-state index is 12.9. The second-order valence-electron chi connectivity index (χ2n) is 7.92. The van der Waals surface area contributed by atoms with Crippen molar-refractivity contribution in [3.8, 4) is 0 Å². The van der Waals surface area contributed by atoms with E-state index >= 15 is 0 Å². The minimum absolute atomic E-state index is 0.264. The van der Waals surface area contributed by atoms with Gasteiger partial charge in [0, 0.05) is 31.9 Å². The van der Waals surface area contributed by atoms with Gasteiger partial charge in [-0.15, -0.1) is 0 Å². The van der Waals surface area contributed by atoms with Gasteiger partial charge in [-0.3, -0.25) is 9.59 Å². The summed E-state index contributed by atoms with van der Waals surface area (Å²) in [6.45, 7) is 0.926. The van der Waals surface area contributed by atoms with Crippen LogP contribution in [0.15, 0.2) is 69.2 Å². The van der Waals surface area contributed by atoms with E-state index in [1.54, 1.807) is 55.3 Å². The molecule has 1 unspecified atom stereocenters. The summed E-state index contributed by atoms with van der Waals surface area (Å²) in [6.07, 6.45) is 8.18. The Hall–Kier alpha value is -3.95. The summed E-state index contributed by atoms with van der Waals surface area (Å²) in [5.41, 5.74) is 0.636. The summed E-state index contributed by atoms with van der Waals surface area (Å²) >= 11 is 0. The van der Waals surface area contributed by atoms with E-state index in [0.29, 0.717) is 55.5 Å². The van der Waals surface area contributed by atoms with Crippen LogP contribution in [-0.4, -0.2) is 52.3 Å². The smallest absolute Gasteiger partial charge is 0.309 e. The first kappa shape index (κ1) is 20.9. The number of amides is 1. The lowest BCUT2D eigenvalue weighted by Gasteiger charge is -2.30. The monoisotopic (exact) mass is 449 g/mol. The molecule has 2 aliphatic heterocycles. The first-order chi connectivity index (χ1) is 16.2. The van der Waals surface area contributed by atoms with Crippen molar-refractivity contribution in [3.63, 3.8) is 0 Å². The van der Waals surface area contributed by atoms with Crippen LogP contribution in [0.3, 0.4) is 0 Å². The Kier molecular flexibility index (Phi) is 5.88. The number of piperidine rings is 1. The summed E-state index contributed by atoms with van der Waals surface area (Å²) in [4.78, 5) is 36.1. The van der Waals surface area contributed by atoms with E-state index in [1.807, 2.05) is 4.90 Å². The van der Waals surface area contributed by atoms with E-state index in [1.165, 1.54) is 5.01 Å². The molecule has 3 aromatic rings. The van der Waals surface area contributed by atoms with Crippen LogP contribution in [0.4, 0.5) is 5.95 Å².